The number of nitrogens with one attached hydrogen (secondary N) is 1. The van der Waals surface area contributed by atoms with E-state index in [0.29, 0.717) is 0 Å². The Labute approximate surface area is 115 Å². The summed E-state index contributed by atoms with van der Waals surface area (Å²) in [5, 5.41) is 3.27. The van der Waals surface area contributed by atoms with Crippen LogP contribution in [0.2, 0.25) is 0 Å². The number of aryl methyl sites for hydroxylation is 1. The molecule has 1 fully saturated rings. The Morgan fingerprint density at radius 3 is 2.79 bits per heavy atom. The zero-order valence-corrected chi connectivity index (χ0v) is 11.8. The van der Waals surface area contributed by atoms with Crippen LogP contribution in [0.15, 0.2) is 24.3 Å². The van der Waals surface area contributed by atoms with Crippen LogP contribution >= 0.6 is 0 Å². The summed E-state index contributed by atoms with van der Waals surface area (Å²) in [6.45, 7) is 8.35. The Kier molecular flexibility index (Phi) is 3.87. The first-order valence-corrected chi connectivity index (χ1v) is 7.39. The molecule has 104 valence electrons. The van der Waals surface area contributed by atoms with E-state index >= 15 is 0 Å². The van der Waals surface area contributed by atoms with Gasteiger partial charge in [-0.1, -0.05) is 24.3 Å². The molecule has 0 radical (unpaired) electrons. The minimum atomic E-state index is 0.0871. The quantitative estimate of drug-likeness (QED) is 0.893. The third-order valence-electron chi connectivity index (χ3n) is 4.29. The first-order valence-electron chi connectivity index (χ1n) is 7.39. The second-order valence-corrected chi connectivity index (χ2v) is 6.05. The van der Waals surface area contributed by atoms with E-state index in [-0.39, 0.29) is 5.60 Å². The lowest BCUT2D eigenvalue weighted by Crippen LogP contribution is -2.59. The number of fused-ring (bicyclic) bond motifs is 1. The first-order chi connectivity index (χ1) is 9.25. The van der Waals surface area contributed by atoms with E-state index in [1.807, 2.05) is 0 Å². The van der Waals surface area contributed by atoms with Crippen molar-refractivity contribution in [1.82, 2.24) is 10.2 Å². The molecule has 0 saturated carbocycles. The smallest absolute Gasteiger partial charge is 0.0902 e. The van der Waals surface area contributed by atoms with E-state index in [2.05, 4.69) is 41.4 Å². The third-order valence-corrected chi connectivity index (χ3v) is 4.29. The van der Waals surface area contributed by atoms with Gasteiger partial charge in [-0.3, -0.25) is 4.90 Å². The molecule has 1 aromatic rings. The second-order valence-electron chi connectivity index (χ2n) is 6.05. The Morgan fingerprint density at radius 2 is 2.05 bits per heavy atom. The number of hydrogen-bond acceptors (Lipinski definition) is 3. The van der Waals surface area contributed by atoms with Gasteiger partial charge in [-0.05, 0) is 37.4 Å². The van der Waals surface area contributed by atoms with Gasteiger partial charge in [-0.25, -0.2) is 0 Å². The molecule has 3 nitrogen and oxygen atoms in total. The molecule has 3 heteroatoms. The standard InChI is InChI=1S/C16H24N2O/c1-16(12-17-13-16)19-10-9-18-8-4-7-14-5-2-3-6-15(14)11-18/h2-3,5-6,17H,4,7-13H2,1H3. The normalized spacial score (nSPS) is 22.4. The van der Waals surface area contributed by atoms with Crippen LogP contribution in [-0.2, 0) is 17.7 Å². The van der Waals surface area contributed by atoms with Crippen molar-refractivity contribution >= 4 is 0 Å². The van der Waals surface area contributed by atoms with E-state index in [1.54, 1.807) is 0 Å². The molecule has 1 N–H and O–H groups in total. The summed E-state index contributed by atoms with van der Waals surface area (Å²) >= 11 is 0. The van der Waals surface area contributed by atoms with Crippen LogP contribution in [-0.4, -0.2) is 43.3 Å². The van der Waals surface area contributed by atoms with Crippen molar-refractivity contribution in [2.75, 3.05) is 32.8 Å². The van der Waals surface area contributed by atoms with Crippen LogP contribution in [0.3, 0.4) is 0 Å². The van der Waals surface area contributed by atoms with Gasteiger partial charge in [-0.2, -0.15) is 0 Å². The molecule has 0 aliphatic carbocycles. The minimum absolute atomic E-state index is 0.0871. The lowest BCUT2D eigenvalue weighted by Gasteiger charge is -2.39. The van der Waals surface area contributed by atoms with Crippen molar-refractivity contribution < 1.29 is 4.74 Å². The SMILES string of the molecule is CC1(OCCN2CCCc3ccccc3C2)CNC1. The largest absolute Gasteiger partial charge is 0.371 e. The predicted molar refractivity (Wildman–Crippen MR) is 77.3 cm³/mol. The molecule has 0 atom stereocenters. The van der Waals surface area contributed by atoms with Crippen LogP contribution in [0, 0.1) is 0 Å². The highest BCUT2D eigenvalue weighted by atomic mass is 16.5. The van der Waals surface area contributed by atoms with Crippen molar-refractivity contribution in [2.24, 2.45) is 0 Å². The maximum absolute atomic E-state index is 5.99. The van der Waals surface area contributed by atoms with Crippen LogP contribution in [0.4, 0.5) is 0 Å². The molecule has 0 aromatic heterocycles. The highest BCUT2D eigenvalue weighted by Crippen LogP contribution is 2.19. The monoisotopic (exact) mass is 260 g/mol. The molecule has 2 aliphatic heterocycles. The highest BCUT2D eigenvalue weighted by molar-refractivity contribution is 5.27. The van der Waals surface area contributed by atoms with Gasteiger partial charge >= 0.3 is 0 Å². The fourth-order valence-electron chi connectivity index (χ4n) is 2.96. The number of nitrogens with zero attached hydrogens (tertiary/aromatic N) is 1. The van der Waals surface area contributed by atoms with E-state index in [4.69, 9.17) is 4.74 Å². The van der Waals surface area contributed by atoms with Gasteiger partial charge in [0.1, 0.15) is 0 Å². The first kappa shape index (κ1) is 13.1. The molecule has 0 bridgehead atoms. The topological polar surface area (TPSA) is 24.5 Å². The number of rotatable bonds is 4. The minimum Gasteiger partial charge on any atom is -0.371 e. The zero-order valence-electron chi connectivity index (χ0n) is 11.8. The van der Waals surface area contributed by atoms with E-state index < -0.39 is 0 Å². The van der Waals surface area contributed by atoms with Gasteiger partial charge in [0.2, 0.25) is 0 Å². The summed E-state index contributed by atoms with van der Waals surface area (Å²) in [7, 11) is 0. The van der Waals surface area contributed by atoms with Gasteiger partial charge < -0.3 is 10.1 Å². The molecule has 1 aromatic carbocycles. The van der Waals surface area contributed by atoms with Crippen LogP contribution < -0.4 is 5.32 Å². The summed E-state index contributed by atoms with van der Waals surface area (Å²) in [6.07, 6.45) is 2.48. The highest BCUT2D eigenvalue weighted by Gasteiger charge is 2.32. The van der Waals surface area contributed by atoms with Crippen LogP contribution in [0.5, 0.6) is 0 Å². The van der Waals surface area contributed by atoms with Crippen molar-refractivity contribution in [1.29, 1.82) is 0 Å². The van der Waals surface area contributed by atoms with Gasteiger partial charge in [0.25, 0.3) is 0 Å². The summed E-state index contributed by atoms with van der Waals surface area (Å²) in [6, 6.07) is 8.85. The van der Waals surface area contributed by atoms with E-state index in [0.717, 1.165) is 32.8 Å². The Morgan fingerprint density at radius 1 is 1.26 bits per heavy atom. The fraction of sp³-hybridized carbons (Fsp3) is 0.625. The van der Waals surface area contributed by atoms with Crippen molar-refractivity contribution in [3.05, 3.63) is 35.4 Å². The van der Waals surface area contributed by atoms with E-state index in [9.17, 15) is 0 Å². The van der Waals surface area contributed by atoms with E-state index in [1.165, 1.54) is 30.5 Å². The van der Waals surface area contributed by atoms with Crippen molar-refractivity contribution in [3.63, 3.8) is 0 Å². The number of benzene rings is 1. The van der Waals surface area contributed by atoms with Crippen LogP contribution in [0.1, 0.15) is 24.5 Å². The predicted octanol–water partition coefficient (Wildman–Crippen LogP) is 1.81. The summed E-state index contributed by atoms with van der Waals surface area (Å²) in [5.74, 6) is 0. The number of hydrogen-bond donors (Lipinski definition) is 1. The lowest BCUT2D eigenvalue weighted by atomic mass is 10.0. The van der Waals surface area contributed by atoms with Gasteiger partial charge in [0.15, 0.2) is 0 Å². The van der Waals surface area contributed by atoms with Crippen molar-refractivity contribution in [2.45, 2.75) is 31.9 Å². The molecule has 19 heavy (non-hydrogen) atoms. The molecular formula is C16H24N2O. The Hall–Kier alpha value is -0.900. The fourth-order valence-corrected chi connectivity index (χ4v) is 2.96. The van der Waals surface area contributed by atoms with Gasteiger partial charge in [0, 0.05) is 26.2 Å². The number of ether oxygens (including phenoxy) is 1. The third kappa shape index (κ3) is 3.16. The summed E-state index contributed by atoms with van der Waals surface area (Å²) in [5.41, 5.74) is 3.11. The second kappa shape index (κ2) is 5.61. The Balaban J connectivity index is 1.51. The van der Waals surface area contributed by atoms with Gasteiger partial charge in [0.05, 0.1) is 12.2 Å². The maximum atomic E-state index is 5.99. The van der Waals surface area contributed by atoms with Crippen molar-refractivity contribution in [3.8, 4) is 0 Å². The molecule has 3 rings (SSSR count). The molecule has 0 spiro atoms. The average Bonchev–Trinajstić information content (AvgIpc) is 2.58. The molecule has 0 unspecified atom stereocenters. The lowest BCUT2D eigenvalue weighted by molar-refractivity contribution is -0.0725. The summed E-state index contributed by atoms with van der Waals surface area (Å²) in [4.78, 5) is 2.53. The Bertz CT molecular complexity index is 429. The van der Waals surface area contributed by atoms with Crippen LogP contribution in [0.25, 0.3) is 0 Å². The van der Waals surface area contributed by atoms with Gasteiger partial charge in [-0.15, -0.1) is 0 Å². The molecular weight excluding hydrogens is 236 g/mol. The average molecular weight is 260 g/mol. The molecule has 2 aliphatic rings. The zero-order chi connectivity index (χ0) is 13.1. The molecule has 2 heterocycles. The molecule has 1 saturated heterocycles. The molecule has 0 amide bonds. The summed E-state index contributed by atoms with van der Waals surface area (Å²) < 4.78 is 5.99. The maximum Gasteiger partial charge on any atom is 0.0902 e.